The molecule has 0 atom stereocenters. The third-order valence-corrected chi connectivity index (χ3v) is 4.73. The second-order valence-electron chi connectivity index (χ2n) is 5.52. The van der Waals surface area contributed by atoms with Gasteiger partial charge in [0.25, 0.3) is 0 Å². The fraction of sp³-hybridized carbons (Fsp3) is 0.500. The predicted octanol–water partition coefficient (Wildman–Crippen LogP) is 3.40. The van der Waals surface area contributed by atoms with Gasteiger partial charge in [-0.1, -0.05) is 31.2 Å². The number of fused-ring (bicyclic) bond motifs is 1. The van der Waals surface area contributed by atoms with Gasteiger partial charge in [-0.15, -0.1) is 0 Å². The van der Waals surface area contributed by atoms with Crippen molar-refractivity contribution in [1.29, 1.82) is 0 Å². The van der Waals surface area contributed by atoms with E-state index in [4.69, 9.17) is 16.3 Å². The highest BCUT2D eigenvalue weighted by molar-refractivity contribution is 6.76. The lowest BCUT2D eigenvalue weighted by Gasteiger charge is -2.15. The maximum absolute atomic E-state index is 6.06. The van der Waals surface area contributed by atoms with E-state index in [0.717, 1.165) is 23.7 Å². The van der Waals surface area contributed by atoms with Gasteiger partial charge in [-0.3, -0.25) is 0 Å². The molecule has 0 amide bonds. The molecule has 98 valence electrons. The smallest absolute Gasteiger partial charge is 0.161 e. The maximum atomic E-state index is 6.06. The SMILES string of the molecule is C[Si](C)(C)CCOCn1ncc2c(Cl)ccnc21. The lowest BCUT2D eigenvalue weighted by atomic mass is 10.4. The number of nitrogens with zero attached hydrogens (tertiary/aromatic N) is 3. The van der Waals surface area contributed by atoms with E-state index in [1.807, 2.05) is 0 Å². The molecule has 0 bridgehead atoms. The molecule has 0 saturated heterocycles. The van der Waals surface area contributed by atoms with Gasteiger partial charge in [0.2, 0.25) is 0 Å². The van der Waals surface area contributed by atoms with Gasteiger partial charge in [-0.25, -0.2) is 9.67 Å². The summed E-state index contributed by atoms with van der Waals surface area (Å²) < 4.78 is 7.40. The van der Waals surface area contributed by atoms with Crippen LogP contribution in [0.4, 0.5) is 0 Å². The molecule has 0 fully saturated rings. The van der Waals surface area contributed by atoms with Crippen molar-refractivity contribution in [2.45, 2.75) is 32.4 Å². The van der Waals surface area contributed by atoms with Crippen LogP contribution in [0.15, 0.2) is 18.5 Å². The summed E-state index contributed by atoms with van der Waals surface area (Å²) in [7, 11) is -1.03. The highest BCUT2D eigenvalue weighted by Crippen LogP contribution is 2.20. The van der Waals surface area contributed by atoms with Crippen LogP contribution < -0.4 is 0 Å². The lowest BCUT2D eigenvalue weighted by molar-refractivity contribution is 0.0813. The molecular weight excluding hydrogens is 266 g/mol. The summed E-state index contributed by atoms with van der Waals surface area (Å²) in [5.74, 6) is 0. The highest BCUT2D eigenvalue weighted by Gasteiger charge is 2.12. The predicted molar refractivity (Wildman–Crippen MR) is 76.6 cm³/mol. The molecule has 0 unspecified atom stereocenters. The number of halogens is 1. The van der Waals surface area contributed by atoms with Crippen LogP contribution in [-0.2, 0) is 11.5 Å². The van der Waals surface area contributed by atoms with Crippen molar-refractivity contribution in [3.63, 3.8) is 0 Å². The fourth-order valence-electron chi connectivity index (χ4n) is 1.57. The van der Waals surface area contributed by atoms with Crippen molar-refractivity contribution >= 4 is 30.7 Å². The normalized spacial score (nSPS) is 12.2. The molecular formula is C12H18ClN3OSi. The van der Waals surface area contributed by atoms with Crippen LogP contribution in [0.25, 0.3) is 11.0 Å². The molecule has 0 spiro atoms. The molecule has 0 aliphatic rings. The Hall–Kier alpha value is -0.913. The maximum Gasteiger partial charge on any atom is 0.161 e. The second-order valence-corrected chi connectivity index (χ2v) is 11.6. The van der Waals surface area contributed by atoms with Crippen molar-refractivity contribution in [2.24, 2.45) is 0 Å². The Bertz CT molecular complexity index is 536. The first kappa shape index (κ1) is 13.5. The summed E-state index contributed by atoms with van der Waals surface area (Å²) in [4.78, 5) is 4.27. The first-order chi connectivity index (χ1) is 8.47. The summed E-state index contributed by atoms with van der Waals surface area (Å²) in [6, 6.07) is 2.92. The zero-order valence-electron chi connectivity index (χ0n) is 11.0. The van der Waals surface area contributed by atoms with E-state index in [2.05, 4.69) is 29.7 Å². The zero-order valence-corrected chi connectivity index (χ0v) is 12.7. The van der Waals surface area contributed by atoms with Gasteiger partial charge in [0, 0.05) is 20.9 Å². The summed E-state index contributed by atoms with van der Waals surface area (Å²) in [6.07, 6.45) is 3.41. The number of hydrogen-bond acceptors (Lipinski definition) is 3. The van der Waals surface area contributed by atoms with Crippen molar-refractivity contribution < 1.29 is 4.74 Å². The van der Waals surface area contributed by atoms with Crippen LogP contribution in [0.1, 0.15) is 0 Å². The second kappa shape index (κ2) is 5.38. The summed E-state index contributed by atoms with van der Waals surface area (Å²) in [6.45, 7) is 8.21. The minimum Gasteiger partial charge on any atom is -0.359 e. The van der Waals surface area contributed by atoms with Crippen LogP contribution in [0.2, 0.25) is 30.7 Å². The minimum absolute atomic E-state index is 0.432. The number of hydrogen-bond donors (Lipinski definition) is 0. The monoisotopic (exact) mass is 283 g/mol. The Morgan fingerprint density at radius 1 is 1.39 bits per heavy atom. The van der Waals surface area contributed by atoms with E-state index in [1.165, 1.54) is 0 Å². The quantitative estimate of drug-likeness (QED) is 0.624. The topological polar surface area (TPSA) is 39.9 Å². The van der Waals surface area contributed by atoms with Crippen molar-refractivity contribution in [3.05, 3.63) is 23.5 Å². The first-order valence-electron chi connectivity index (χ1n) is 6.01. The molecule has 2 rings (SSSR count). The van der Waals surface area contributed by atoms with Gasteiger partial charge in [0.1, 0.15) is 6.73 Å². The summed E-state index contributed by atoms with van der Waals surface area (Å²) in [5.41, 5.74) is 0.774. The van der Waals surface area contributed by atoms with E-state index in [9.17, 15) is 0 Å². The average Bonchev–Trinajstić information content (AvgIpc) is 2.68. The van der Waals surface area contributed by atoms with E-state index in [-0.39, 0.29) is 0 Å². The van der Waals surface area contributed by atoms with Crippen molar-refractivity contribution in [1.82, 2.24) is 14.8 Å². The van der Waals surface area contributed by atoms with E-state index in [0.29, 0.717) is 11.8 Å². The molecule has 0 radical (unpaired) electrons. The molecule has 2 aromatic heterocycles. The Morgan fingerprint density at radius 3 is 2.89 bits per heavy atom. The molecule has 0 aliphatic carbocycles. The summed E-state index contributed by atoms with van der Waals surface area (Å²) >= 11 is 6.06. The number of pyridine rings is 1. The number of aromatic nitrogens is 3. The van der Waals surface area contributed by atoms with Gasteiger partial charge >= 0.3 is 0 Å². The third-order valence-electron chi connectivity index (χ3n) is 2.70. The first-order valence-corrected chi connectivity index (χ1v) is 10.1. The minimum atomic E-state index is -1.03. The zero-order chi connectivity index (χ0) is 13.2. The third kappa shape index (κ3) is 3.31. The van der Waals surface area contributed by atoms with Gasteiger partial charge in [-0.2, -0.15) is 5.10 Å². The Kier molecular flexibility index (Phi) is 4.04. The molecule has 0 aromatic carbocycles. The molecule has 0 aliphatic heterocycles. The van der Waals surface area contributed by atoms with Gasteiger partial charge < -0.3 is 4.74 Å². The van der Waals surface area contributed by atoms with Crippen LogP contribution in [0, 0.1) is 0 Å². The van der Waals surface area contributed by atoms with Crippen LogP contribution >= 0.6 is 11.6 Å². The highest BCUT2D eigenvalue weighted by atomic mass is 35.5. The molecule has 0 N–H and O–H groups in total. The number of rotatable bonds is 5. The molecule has 18 heavy (non-hydrogen) atoms. The van der Waals surface area contributed by atoms with Gasteiger partial charge in [0.05, 0.1) is 16.6 Å². The Balaban J connectivity index is 1.98. The van der Waals surface area contributed by atoms with Gasteiger partial charge in [0.15, 0.2) is 5.65 Å². The standard InChI is InChI=1S/C12H18ClN3OSi/c1-18(2,3)7-6-17-9-16-12-10(8-15-16)11(13)4-5-14-12/h4-5,8H,6-7,9H2,1-3H3. The Morgan fingerprint density at radius 2 is 2.17 bits per heavy atom. The lowest BCUT2D eigenvalue weighted by Crippen LogP contribution is -2.22. The molecule has 6 heteroatoms. The average molecular weight is 284 g/mol. The van der Waals surface area contributed by atoms with E-state index in [1.54, 1.807) is 23.1 Å². The van der Waals surface area contributed by atoms with E-state index < -0.39 is 8.07 Å². The van der Waals surface area contributed by atoms with Gasteiger partial charge in [-0.05, 0) is 12.1 Å². The Labute approximate surface area is 113 Å². The van der Waals surface area contributed by atoms with Crippen LogP contribution in [-0.4, -0.2) is 29.4 Å². The molecule has 4 nitrogen and oxygen atoms in total. The van der Waals surface area contributed by atoms with Crippen molar-refractivity contribution in [2.75, 3.05) is 6.61 Å². The molecule has 2 heterocycles. The molecule has 2 aromatic rings. The van der Waals surface area contributed by atoms with Crippen molar-refractivity contribution in [3.8, 4) is 0 Å². The largest absolute Gasteiger partial charge is 0.359 e. The van der Waals surface area contributed by atoms with E-state index >= 15 is 0 Å². The summed E-state index contributed by atoms with van der Waals surface area (Å²) in [5, 5.41) is 5.79. The van der Waals surface area contributed by atoms with Crippen LogP contribution in [0.3, 0.4) is 0 Å². The fourth-order valence-corrected chi connectivity index (χ4v) is 2.52. The van der Waals surface area contributed by atoms with Crippen LogP contribution in [0.5, 0.6) is 0 Å². The number of ether oxygens (including phenoxy) is 1. The molecule has 0 saturated carbocycles.